The molecule has 0 bridgehead atoms. The van der Waals surface area contributed by atoms with Gasteiger partial charge in [0.2, 0.25) is 0 Å². The molecule has 2 aromatic rings. The van der Waals surface area contributed by atoms with Gasteiger partial charge >= 0.3 is 0 Å². The van der Waals surface area contributed by atoms with E-state index in [2.05, 4.69) is 32.7 Å². The average Bonchev–Trinajstić information content (AvgIpc) is 2.89. The average molecular weight is 300 g/mol. The Morgan fingerprint density at radius 2 is 2.31 bits per heavy atom. The molecule has 84 valence electrons. The van der Waals surface area contributed by atoms with Gasteiger partial charge in [-0.2, -0.15) is 11.3 Å². The number of carbonyl (C=O) groups excluding carboxylic acids is 1. The number of furan rings is 1. The molecule has 3 nitrogen and oxygen atoms in total. The van der Waals surface area contributed by atoms with Crippen LogP contribution in [0.1, 0.15) is 16.1 Å². The Morgan fingerprint density at radius 1 is 1.44 bits per heavy atom. The van der Waals surface area contributed by atoms with Crippen molar-refractivity contribution in [3.05, 3.63) is 45.0 Å². The van der Waals surface area contributed by atoms with Gasteiger partial charge < -0.3 is 9.73 Å². The standard InChI is InChI=1S/C11H10BrNO2S/c12-10-2-1-9(15-10)11(14)13-5-3-8-4-6-16-7-8/h1-2,4,6-7H,3,5H2,(H,13,14). The van der Waals surface area contributed by atoms with Crippen molar-refractivity contribution in [3.8, 4) is 0 Å². The first kappa shape index (κ1) is 11.4. The molecule has 0 saturated carbocycles. The van der Waals surface area contributed by atoms with Gasteiger partial charge in [0.05, 0.1) is 0 Å². The van der Waals surface area contributed by atoms with Crippen molar-refractivity contribution in [2.75, 3.05) is 6.54 Å². The Balaban J connectivity index is 1.80. The fourth-order valence-electron chi connectivity index (χ4n) is 1.28. The van der Waals surface area contributed by atoms with Crippen LogP contribution < -0.4 is 5.32 Å². The van der Waals surface area contributed by atoms with E-state index in [1.807, 2.05) is 5.38 Å². The van der Waals surface area contributed by atoms with E-state index in [1.54, 1.807) is 23.5 Å². The summed E-state index contributed by atoms with van der Waals surface area (Å²) in [6.07, 6.45) is 0.844. The molecule has 2 rings (SSSR count). The molecule has 0 aromatic carbocycles. The fraction of sp³-hybridized carbons (Fsp3) is 0.182. The summed E-state index contributed by atoms with van der Waals surface area (Å²) in [7, 11) is 0. The third kappa shape index (κ3) is 2.96. The highest BCUT2D eigenvalue weighted by Gasteiger charge is 2.09. The van der Waals surface area contributed by atoms with Crippen molar-refractivity contribution in [2.45, 2.75) is 6.42 Å². The highest BCUT2D eigenvalue weighted by Crippen LogP contribution is 2.13. The lowest BCUT2D eigenvalue weighted by Crippen LogP contribution is -2.25. The predicted octanol–water partition coefficient (Wildman–Crippen LogP) is 3.08. The number of hydrogen-bond acceptors (Lipinski definition) is 3. The van der Waals surface area contributed by atoms with Crippen LogP contribution in [0.3, 0.4) is 0 Å². The summed E-state index contributed by atoms with van der Waals surface area (Å²) in [6, 6.07) is 5.40. The minimum atomic E-state index is -0.180. The van der Waals surface area contributed by atoms with Crippen molar-refractivity contribution in [1.82, 2.24) is 5.32 Å². The quantitative estimate of drug-likeness (QED) is 0.943. The zero-order valence-corrected chi connectivity index (χ0v) is 10.8. The summed E-state index contributed by atoms with van der Waals surface area (Å²) in [5, 5.41) is 6.91. The van der Waals surface area contributed by atoms with Gasteiger partial charge in [0, 0.05) is 6.54 Å². The Bertz CT molecular complexity index is 464. The highest BCUT2D eigenvalue weighted by molar-refractivity contribution is 9.10. The molecule has 0 aliphatic heterocycles. The Labute approximate surface area is 106 Å². The third-order valence-electron chi connectivity index (χ3n) is 2.08. The van der Waals surface area contributed by atoms with Gasteiger partial charge in [-0.15, -0.1) is 0 Å². The molecule has 1 amide bonds. The second-order valence-corrected chi connectivity index (χ2v) is 4.80. The van der Waals surface area contributed by atoms with Crippen molar-refractivity contribution in [2.24, 2.45) is 0 Å². The van der Waals surface area contributed by atoms with Crippen molar-refractivity contribution in [1.29, 1.82) is 0 Å². The van der Waals surface area contributed by atoms with Crippen LogP contribution in [0.4, 0.5) is 0 Å². The Kier molecular flexibility index (Phi) is 3.79. The molecule has 1 N–H and O–H groups in total. The monoisotopic (exact) mass is 299 g/mol. The van der Waals surface area contributed by atoms with E-state index in [1.165, 1.54) is 5.56 Å². The molecule has 0 atom stereocenters. The van der Waals surface area contributed by atoms with Gasteiger partial charge in [-0.1, -0.05) is 0 Å². The molecule has 2 aromatic heterocycles. The topological polar surface area (TPSA) is 42.2 Å². The van der Waals surface area contributed by atoms with E-state index in [9.17, 15) is 4.79 Å². The normalized spacial score (nSPS) is 10.3. The Morgan fingerprint density at radius 3 is 2.94 bits per heavy atom. The maximum Gasteiger partial charge on any atom is 0.287 e. The first-order valence-electron chi connectivity index (χ1n) is 4.80. The van der Waals surface area contributed by atoms with Crippen LogP contribution in [-0.4, -0.2) is 12.5 Å². The van der Waals surface area contributed by atoms with Gasteiger partial charge in [-0.3, -0.25) is 4.79 Å². The maximum absolute atomic E-state index is 11.6. The minimum absolute atomic E-state index is 0.180. The number of nitrogens with one attached hydrogen (secondary N) is 1. The molecule has 2 heterocycles. The molecule has 0 radical (unpaired) electrons. The zero-order valence-electron chi connectivity index (χ0n) is 8.40. The van der Waals surface area contributed by atoms with Crippen LogP contribution >= 0.6 is 27.3 Å². The van der Waals surface area contributed by atoms with Crippen molar-refractivity contribution in [3.63, 3.8) is 0 Å². The van der Waals surface area contributed by atoms with Crippen molar-refractivity contribution >= 4 is 33.2 Å². The number of amides is 1. The van der Waals surface area contributed by atoms with Crippen LogP contribution in [0.25, 0.3) is 0 Å². The van der Waals surface area contributed by atoms with Gasteiger partial charge in [-0.25, -0.2) is 0 Å². The molecule has 0 saturated heterocycles. The van der Waals surface area contributed by atoms with Crippen LogP contribution in [0.15, 0.2) is 38.0 Å². The number of halogens is 1. The minimum Gasteiger partial charge on any atom is -0.444 e. The SMILES string of the molecule is O=C(NCCc1ccsc1)c1ccc(Br)o1. The van der Waals surface area contributed by atoms with E-state index in [0.717, 1.165) is 6.42 Å². The number of carbonyl (C=O) groups is 1. The molecule has 0 spiro atoms. The lowest BCUT2D eigenvalue weighted by atomic mass is 10.2. The van der Waals surface area contributed by atoms with E-state index in [4.69, 9.17) is 4.42 Å². The fourth-order valence-corrected chi connectivity index (χ4v) is 2.29. The summed E-state index contributed by atoms with van der Waals surface area (Å²) in [5.74, 6) is 0.151. The maximum atomic E-state index is 11.6. The van der Waals surface area contributed by atoms with Gasteiger partial charge in [0.1, 0.15) is 0 Å². The second kappa shape index (κ2) is 5.32. The predicted molar refractivity (Wildman–Crippen MR) is 66.8 cm³/mol. The van der Waals surface area contributed by atoms with E-state index >= 15 is 0 Å². The van der Waals surface area contributed by atoms with E-state index in [-0.39, 0.29) is 5.91 Å². The summed E-state index contributed by atoms with van der Waals surface area (Å²) in [4.78, 5) is 11.6. The molecule has 0 fully saturated rings. The Hall–Kier alpha value is -1.07. The zero-order chi connectivity index (χ0) is 11.4. The molecule has 5 heteroatoms. The molecule has 0 unspecified atom stereocenters. The lowest BCUT2D eigenvalue weighted by Gasteiger charge is -2.01. The number of rotatable bonds is 4. The summed E-state index contributed by atoms with van der Waals surface area (Å²) < 4.78 is 5.70. The van der Waals surface area contributed by atoms with E-state index in [0.29, 0.717) is 17.0 Å². The second-order valence-electron chi connectivity index (χ2n) is 3.24. The van der Waals surface area contributed by atoms with Gasteiger partial charge in [-0.05, 0) is 56.9 Å². The molecule has 16 heavy (non-hydrogen) atoms. The van der Waals surface area contributed by atoms with E-state index < -0.39 is 0 Å². The first-order chi connectivity index (χ1) is 7.75. The van der Waals surface area contributed by atoms with Gasteiger partial charge in [0.15, 0.2) is 10.4 Å². The largest absolute Gasteiger partial charge is 0.444 e. The van der Waals surface area contributed by atoms with Crippen LogP contribution in [0.5, 0.6) is 0 Å². The summed E-state index contributed by atoms with van der Waals surface area (Å²) >= 11 is 4.82. The summed E-state index contributed by atoms with van der Waals surface area (Å²) in [5.41, 5.74) is 1.24. The van der Waals surface area contributed by atoms with Crippen molar-refractivity contribution < 1.29 is 9.21 Å². The van der Waals surface area contributed by atoms with Gasteiger partial charge in [0.25, 0.3) is 5.91 Å². The first-order valence-corrected chi connectivity index (χ1v) is 6.54. The highest BCUT2D eigenvalue weighted by atomic mass is 79.9. The third-order valence-corrected chi connectivity index (χ3v) is 3.23. The number of thiophene rings is 1. The smallest absolute Gasteiger partial charge is 0.287 e. The molecular formula is C11H10BrNO2S. The van der Waals surface area contributed by atoms with Crippen LogP contribution in [0.2, 0.25) is 0 Å². The number of hydrogen-bond donors (Lipinski definition) is 1. The summed E-state index contributed by atoms with van der Waals surface area (Å²) in [6.45, 7) is 0.619. The lowest BCUT2D eigenvalue weighted by molar-refractivity contribution is 0.0925. The molecule has 0 aliphatic rings. The molecular weight excluding hydrogens is 290 g/mol. The van der Waals surface area contributed by atoms with Crippen LogP contribution in [0, 0.1) is 0 Å². The van der Waals surface area contributed by atoms with Crippen LogP contribution in [-0.2, 0) is 6.42 Å². The molecule has 0 aliphatic carbocycles.